The molecule has 0 aromatic carbocycles. The summed E-state index contributed by atoms with van der Waals surface area (Å²) in [6.45, 7) is 7.85. The average molecular weight is 139 g/mol. The number of nitrogens with one attached hydrogen (secondary N) is 1. The van der Waals surface area contributed by atoms with E-state index in [9.17, 15) is 0 Å². The molecule has 1 aliphatic heterocycles. The normalized spacial score (nSPS) is 24.9. The van der Waals surface area contributed by atoms with Gasteiger partial charge in [0.2, 0.25) is 0 Å². The first-order chi connectivity index (χ1) is 4.61. The zero-order valence-corrected chi connectivity index (χ0v) is 6.39. The van der Waals surface area contributed by atoms with Crippen LogP contribution in [0.2, 0.25) is 0 Å². The molecule has 0 amide bonds. The highest BCUT2D eigenvalue weighted by molar-refractivity contribution is 5.89. The van der Waals surface area contributed by atoms with Gasteiger partial charge in [-0.15, -0.1) is 0 Å². The minimum atomic E-state index is 0.187. The fourth-order valence-corrected chi connectivity index (χ4v) is 1.02. The highest BCUT2D eigenvalue weighted by Crippen LogP contribution is 2.10. The number of hydrogen-bond donors (Lipinski definition) is 2. The van der Waals surface area contributed by atoms with Gasteiger partial charge in [-0.25, -0.2) is 4.99 Å². The van der Waals surface area contributed by atoms with Gasteiger partial charge in [-0.05, 0) is 5.92 Å². The summed E-state index contributed by atoms with van der Waals surface area (Å²) in [7, 11) is 0. The van der Waals surface area contributed by atoms with Gasteiger partial charge in [-0.3, -0.25) is 0 Å². The zero-order chi connectivity index (χ0) is 7.72. The van der Waals surface area contributed by atoms with E-state index in [0.717, 1.165) is 0 Å². The summed E-state index contributed by atoms with van der Waals surface area (Å²) in [5, 5.41) is 3.08. The Morgan fingerprint density at radius 2 is 2.30 bits per heavy atom. The molecule has 0 saturated carbocycles. The number of nitrogens with two attached hydrogens (primary N) is 1. The maximum absolute atomic E-state index is 5.60. The van der Waals surface area contributed by atoms with Gasteiger partial charge in [-0.1, -0.05) is 20.4 Å². The van der Waals surface area contributed by atoms with Crippen molar-refractivity contribution in [2.45, 2.75) is 19.9 Å². The van der Waals surface area contributed by atoms with Crippen LogP contribution in [0.1, 0.15) is 13.8 Å². The van der Waals surface area contributed by atoms with E-state index in [0.29, 0.717) is 17.6 Å². The Labute approximate surface area is 61.0 Å². The summed E-state index contributed by atoms with van der Waals surface area (Å²) in [5.41, 5.74) is 5.60. The van der Waals surface area contributed by atoms with E-state index < -0.39 is 0 Å². The van der Waals surface area contributed by atoms with Crippen molar-refractivity contribution >= 4 is 5.84 Å². The lowest BCUT2D eigenvalue weighted by atomic mass is 10.1. The highest BCUT2D eigenvalue weighted by Gasteiger charge is 2.22. The molecule has 0 spiro atoms. The molecule has 3 nitrogen and oxygen atoms in total. The lowest BCUT2D eigenvalue weighted by Gasteiger charge is -2.14. The Morgan fingerprint density at radius 3 is 2.50 bits per heavy atom. The molecule has 3 N–H and O–H groups in total. The lowest BCUT2D eigenvalue weighted by molar-refractivity contribution is 0.541. The average Bonchev–Trinajstić information content (AvgIpc) is 2.10. The third-order valence-electron chi connectivity index (χ3n) is 1.57. The van der Waals surface area contributed by atoms with E-state index in [-0.39, 0.29) is 6.04 Å². The summed E-state index contributed by atoms with van der Waals surface area (Å²) < 4.78 is 0. The second kappa shape index (κ2) is 2.33. The monoisotopic (exact) mass is 139 g/mol. The fourth-order valence-electron chi connectivity index (χ4n) is 1.02. The lowest BCUT2D eigenvalue weighted by Crippen LogP contribution is -2.38. The first-order valence-electron chi connectivity index (χ1n) is 3.40. The Bertz CT molecular complexity index is 181. The Kier molecular flexibility index (Phi) is 1.66. The largest absolute Gasteiger partial charge is 0.385 e. The number of hydrogen-bond acceptors (Lipinski definition) is 3. The van der Waals surface area contributed by atoms with Crippen LogP contribution in [0, 0.1) is 5.92 Å². The smallest absolute Gasteiger partial charge is 0.124 e. The number of rotatable bonds is 1. The van der Waals surface area contributed by atoms with Crippen molar-refractivity contribution in [2.75, 3.05) is 0 Å². The van der Waals surface area contributed by atoms with Crippen LogP contribution < -0.4 is 11.1 Å². The predicted molar refractivity (Wildman–Crippen MR) is 42.5 cm³/mol. The summed E-state index contributed by atoms with van der Waals surface area (Å²) in [6.07, 6.45) is 0. The van der Waals surface area contributed by atoms with Gasteiger partial charge in [0.05, 0.1) is 6.04 Å². The Morgan fingerprint density at radius 1 is 1.70 bits per heavy atom. The second-order valence-electron chi connectivity index (χ2n) is 2.85. The van der Waals surface area contributed by atoms with Gasteiger partial charge in [0.1, 0.15) is 11.7 Å². The fraction of sp³-hybridized carbons (Fsp3) is 0.571. The topological polar surface area (TPSA) is 50.4 Å². The van der Waals surface area contributed by atoms with Crippen molar-refractivity contribution in [1.29, 1.82) is 0 Å². The molecule has 10 heavy (non-hydrogen) atoms. The Balaban J connectivity index is 2.68. The predicted octanol–water partition coefficient (Wildman–Crippen LogP) is 0.443. The number of amidine groups is 1. The van der Waals surface area contributed by atoms with Crippen LogP contribution in [0.5, 0.6) is 0 Å². The van der Waals surface area contributed by atoms with Crippen molar-refractivity contribution < 1.29 is 0 Å². The van der Waals surface area contributed by atoms with Crippen molar-refractivity contribution in [3.8, 4) is 0 Å². The molecule has 0 fully saturated rings. The molecule has 56 valence electrons. The van der Waals surface area contributed by atoms with Crippen LogP contribution in [0.15, 0.2) is 17.4 Å². The van der Waals surface area contributed by atoms with E-state index in [1.165, 1.54) is 0 Å². The second-order valence-corrected chi connectivity index (χ2v) is 2.85. The molecule has 3 heteroatoms. The van der Waals surface area contributed by atoms with Crippen LogP contribution in [0.4, 0.5) is 0 Å². The molecular formula is C7H13N3. The third kappa shape index (κ3) is 1.12. The first-order valence-corrected chi connectivity index (χ1v) is 3.40. The van der Waals surface area contributed by atoms with Gasteiger partial charge in [0.15, 0.2) is 0 Å². The summed E-state index contributed by atoms with van der Waals surface area (Å²) in [5.74, 6) is 1.80. The molecule has 1 heterocycles. The number of aliphatic imine (C=N–C) groups is 1. The number of nitrogens with zero attached hydrogens (tertiary/aromatic N) is 1. The van der Waals surface area contributed by atoms with Crippen LogP contribution in [0.25, 0.3) is 0 Å². The molecule has 0 aromatic rings. The van der Waals surface area contributed by atoms with Gasteiger partial charge in [0, 0.05) is 0 Å². The van der Waals surface area contributed by atoms with Gasteiger partial charge < -0.3 is 11.1 Å². The molecule has 0 saturated heterocycles. The molecule has 0 radical (unpaired) electrons. The van der Waals surface area contributed by atoms with Crippen LogP contribution in [-0.2, 0) is 0 Å². The van der Waals surface area contributed by atoms with E-state index in [4.69, 9.17) is 5.73 Å². The minimum absolute atomic E-state index is 0.187. The molecule has 1 rings (SSSR count). The minimum Gasteiger partial charge on any atom is -0.385 e. The van der Waals surface area contributed by atoms with Crippen molar-refractivity contribution in [3.63, 3.8) is 0 Å². The first kappa shape index (κ1) is 7.12. The molecule has 1 unspecified atom stereocenters. The molecule has 1 aliphatic rings. The van der Waals surface area contributed by atoms with Crippen molar-refractivity contribution in [2.24, 2.45) is 16.6 Å². The molecule has 0 aromatic heterocycles. The van der Waals surface area contributed by atoms with E-state index in [1.54, 1.807) is 0 Å². The van der Waals surface area contributed by atoms with Crippen LogP contribution in [0.3, 0.4) is 0 Å². The maximum Gasteiger partial charge on any atom is 0.124 e. The van der Waals surface area contributed by atoms with Gasteiger partial charge in [-0.2, -0.15) is 0 Å². The molecule has 0 bridgehead atoms. The van der Waals surface area contributed by atoms with Crippen molar-refractivity contribution in [3.05, 3.63) is 12.4 Å². The van der Waals surface area contributed by atoms with Crippen LogP contribution >= 0.6 is 0 Å². The maximum atomic E-state index is 5.60. The van der Waals surface area contributed by atoms with Gasteiger partial charge >= 0.3 is 0 Å². The van der Waals surface area contributed by atoms with Crippen molar-refractivity contribution in [1.82, 2.24) is 5.32 Å². The molecule has 0 aliphatic carbocycles. The third-order valence-corrected chi connectivity index (χ3v) is 1.57. The Hall–Kier alpha value is -0.990. The molecular weight excluding hydrogens is 126 g/mol. The van der Waals surface area contributed by atoms with Crippen LogP contribution in [-0.4, -0.2) is 11.9 Å². The summed E-state index contributed by atoms with van der Waals surface area (Å²) in [4.78, 5) is 3.98. The quantitative estimate of drug-likeness (QED) is 0.554. The summed E-state index contributed by atoms with van der Waals surface area (Å²) >= 11 is 0. The zero-order valence-electron chi connectivity index (χ0n) is 6.39. The summed E-state index contributed by atoms with van der Waals surface area (Å²) in [6, 6.07) is 0.187. The highest BCUT2D eigenvalue weighted by atomic mass is 15.2. The SMILES string of the molecule is C=C1N=C(N)C(C(C)C)N1. The molecule has 1 atom stereocenters. The van der Waals surface area contributed by atoms with E-state index >= 15 is 0 Å². The van der Waals surface area contributed by atoms with E-state index in [1.807, 2.05) is 0 Å². The standard InChI is InChI=1S/C7H13N3/c1-4(2)6-7(8)10-5(3)9-6/h4,6,9H,3H2,1-2H3,(H2,8,10). The van der Waals surface area contributed by atoms with E-state index in [2.05, 4.69) is 30.7 Å². The van der Waals surface area contributed by atoms with Gasteiger partial charge in [0.25, 0.3) is 0 Å².